The molecule has 0 spiro atoms. The molecule has 3 aliphatic rings. The van der Waals surface area contributed by atoms with Crippen LogP contribution in [0.25, 0.3) is 11.3 Å². The van der Waals surface area contributed by atoms with Crippen LogP contribution in [0.5, 0.6) is 5.75 Å². The van der Waals surface area contributed by atoms with Crippen LogP contribution in [0.15, 0.2) is 42.5 Å². The van der Waals surface area contributed by atoms with Gasteiger partial charge in [-0.1, -0.05) is 38.0 Å². The largest absolute Gasteiger partial charge is 0.496 e. The van der Waals surface area contributed by atoms with Crippen molar-refractivity contribution in [1.29, 1.82) is 0 Å². The number of aromatic nitrogens is 1. The van der Waals surface area contributed by atoms with Crippen molar-refractivity contribution in [2.45, 2.75) is 70.3 Å². The van der Waals surface area contributed by atoms with Crippen LogP contribution < -0.4 is 4.74 Å². The molecular weight excluding hydrogens is 422 g/mol. The monoisotopic (exact) mass is 461 g/mol. The molecule has 1 aliphatic carbocycles. The molecule has 182 valence electrons. The molecule has 34 heavy (non-hydrogen) atoms. The van der Waals surface area contributed by atoms with E-state index in [0.717, 1.165) is 80.6 Å². The zero-order valence-corrected chi connectivity index (χ0v) is 20.8. The summed E-state index contributed by atoms with van der Waals surface area (Å²) in [6, 6.07) is 15.1. The number of methoxy groups -OCH3 is 1. The number of likely N-dealkylation sites (tertiary alicyclic amines) is 2. The second-order valence-electron chi connectivity index (χ2n) is 10.8. The van der Waals surface area contributed by atoms with Crippen molar-refractivity contribution in [1.82, 2.24) is 14.8 Å². The zero-order valence-electron chi connectivity index (χ0n) is 20.8. The Balaban J connectivity index is 1.26. The van der Waals surface area contributed by atoms with Gasteiger partial charge in [0.25, 0.3) is 0 Å². The van der Waals surface area contributed by atoms with Gasteiger partial charge in [-0.2, -0.15) is 0 Å². The highest BCUT2D eigenvalue weighted by Gasteiger charge is 2.42. The average molecular weight is 462 g/mol. The number of hydrogen-bond acceptors (Lipinski definition) is 4. The fourth-order valence-corrected chi connectivity index (χ4v) is 6.34. The van der Waals surface area contributed by atoms with Crippen molar-refractivity contribution in [3.63, 3.8) is 0 Å². The summed E-state index contributed by atoms with van der Waals surface area (Å²) in [5, 5.41) is 0. The Morgan fingerprint density at radius 1 is 0.971 bits per heavy atom. The summed E-state index contributed by atoms with van der Waals surface area (Å²) in [4.78, 5) is 23.6. The predicted molar refractivity (Wildman–Crippen MR) is 136 cm³/mol. The van der Waals surface area contributed by atoms with Crippen LogP contribution in [0, 0.1) is 5.41 Å². The van der Waals surface area contributed by atoms with Crippen LogP contribution in [-0.4, -0.2) is 60.0 Å². The Morgan fingerprint density at radius 2 is 1.74 bits per heavy atom. The highest BCUT2D eigenvalue weighted by molar-refractivity contribution is 5.82. The third kappa shape index (κ3) is 4.72. The Bertz CT molecular complexity index is 992. The van der Waals surface area contributed by atoms with Gasteiger partial charge in [-0.3, -0.25) is 9.78 Å². The first-order valence-electron chi connectivity index (χ1n) is 13.2. The highest BCUT2D eigenvalue weighted by atomic mass is 16.5. The van der Waals surface area contributed by atoms with Crippen molar-refractivity contribution in [2.24, 2.45) is 5.41 Å². The first-order chi connectivity index (χ1) is 16.6. The van der Waals surface area contributed by atoms with Gasteiger partial charge in [-0.25, -0.2) is 0 Å². The summed E-state index contributed by atoms with van der Waals surface area (Å²) in [5.74, 6) is 1.49. The Labute approximate surface area is 204 Å². The van der Waals surface area contributed by atoms with Crippen LogP contribution in [0.2, 0.25) is 0 Å². The first kappa shape index (κ1) is 23.3. The molecule has 0 N–H and O–H groups in total. The van der Waals surface area contributed by atoms with E-state index in [1.54, 1.807) is 7.11 Å². The Kier molecular flexibility index (Phi) is 6.91. The number of para-hydroxylation sites is 1. The normalized spacial score (nSPS) is 23.7. The van der Waals surface area contributed by atoms with E-state index in [-0.39, 0.29) is 11.3 Å². The van der Waals surface area contributed by atoms with Crippen LogP contribution in [-0.2, 0) is 4.79 Å². The van der Waals surface area contributed by atoms with Gasteiger partial charge in [-0.15, -0.1) is 0 Å². The molecule has 1 amide bonds. The summed E-state index contributed by atoms with van der Waals surface area (Å²) < 4.78 is 5.56. The second kappa shape index (κ2) is 10.1. The lowest BCUT2D eigenvalue weighted by Gasteiger charge is -2.44. The molecular formula is C29H39N3O2. The maximum Gasteiger partial charge on any atom is 0.228 e. The summed E-state index contributed by atoms with van der Waals surface area (Å²) in [6.45, 7) is 6.03. The number of piperidine rings is 2. The summed E-state index contributed by atoms with van der Waals surface area (Å²) in [5.41, 5.74) is 2.81. The smallest absolute Gasteiger partial charge is 0.228 e. The molecule has 2 aliphatic heterocycles. The predicted octanol–water partition coefficient (Wildman–Crippen LogP) is 5.51. The van der Waals surface area contributed by atoms with Gasteiger partial charge >= 0.3 is 0 Å². The van der Waals surface area contributed by atoms with E-state index >= 15 is 0 Å². The van der Waals surface area contributed by atoms with Crippen LogP contribution in [0.4, 0.5) is 0 Å². The van der Waals surface area contributed by atoms with Crippen molar-refractivity contribution in [3.05, 3.63) is 48.2 Å². The van der Waals surface area contributed by atoms with Crippen LogP contribution in [0.1, 0.15) is 69.9 Å². The maximum atomic E-state index is 13.7. The van der Waals surface area contributed by atoms with Gasteiger partial charge < -0.3 is 14.5 Å². The van der Waals surface area contributed by atoms with E-state index < -0.39 is 0 Å². The van der Waals surface area contributed by atoms with Gasteiger partial charge in [0.15, 0.2) is 0 Å². The zero-order chi connectivity index (χ0) is 23.5. The number of carbonyl (C=O) groups is 1. The molecule has 3 fully saturated rings. The molecule has 1 atom stereocenters. The van der Waals surface area contributed by atoms with Gasteiger partial charge in [-0.05, 0) is 75.9 Å². The van der Waals surface area contributed by atoms with Crippen molar-refractivity contribution in [2.75, 3.05) is 33.3 Å². The standard InChI is InChI=1S/C29H39N3O2/c1-29(16-19-31(20-17-29)23-10-3-4-11-23)28(33)32-18-8-9-22(21-32)25-13-7-14-26(30-25)24-12-5-6-15-27(24)34-2/h5-7,12-15,22-23H,3-4,8-11,16-21H2,1-2H3/t22-/m1/s1. The molecule has 0 unspecified atom stereocenters. The third-order valence-corrected chi connectivity index (χ3v) is 8.54. The minimum Gasteiger partial charge on any atom is -0.496 e. The summed E-state index contributed by atoms with van der Waals surface area (Å²) in [6.07, 6.45) is 9.55. The minimum atomic E-state index is -0.219. The molecule has 1 aromatic carbocycles. The molecule has 2 saturated heterocycles. The average Bonchev–Trinajstić information content (AvgIpc) is 3.44. The topological polar surface area (TPSA) is 45.7 Å². The third-order valence-electron chi connectivity index (χ3n) is 8.54. The van der Waals surface area contributed by atoms with Gasteiger partial charge in [0.05, 0.1) is 12.8 Å². The minimum absolute atomic E-state index is 0.219. The molecule has 3 heterocycles. The SMILES string of the molecule is COc1ccccc1-c1cccc([C@@H]2CCCN(C(=O)C3(C)CCN(C4CCCC4)CC3)C2)n1. The number of rotatable bonds is 5. The molecule has 5 heteroatoms. The fraction of sp³-hybridized carbons (Fsp3) is 0.586. The van der Waals surface area contributed by atoms with Crippen LogP contribution >= 0.6 is 0 Å². The number of benzene rings is 1. The van der Waals surface area contributed by atoms with E-state index in [1.807, 2.05) is 24.3 Å². The Morgan fingerprint density at radius 3 is 2.50 bits per heavy atom. The molecule has 2 aromatic rings. The highest BCUT2D eigenvalue weighted by Crippen LogP contribution is 2.38. The molecule has 0 radical (unpaired) electrons. The Hall–Kier alpha value is -2.40. The van der Waals surface area contributed by atoms with Gasteiger partial charge in [0, 0.05) is 41.7 Å². The van der Waals surface area contributed by atoms with Crippen molar-refractivity contribution in [3.8, 4) is 17.0 Å². The van der Waals surface area contributed by atoms with E-state index in [2.05, 4.69) is 34.9 Å². The second-order valence-corrected chi connectivity index (χ2v) is 10.8. The summed E-state index contributed by atoms with van der Waals surface area (Å²) >= 11 is 0. The number of pyridine rings is 1. The van der Waals surface area contributed by atoms with E-state index in [9.17, 15) is 4.79 Å². The lowest BCUT2D eigenvalue weighted by atomic mass is 9.78. The summed E-state index contributed by atoms with van der Waals surface area (Å²) in [7, 11) is 1.70. The lowest BCUT2D eigenvalue weighted by Crippen LogP contribution is -2.52. The van der Waals surface area contributed by atoms with E-state index in [1.165, 1.54) is 25.7 Å². The van der Waals surface area contributed by atoms with Gasteiger partial charge in [0.1, 0.15) is 5.75 Å². The quantitative estimate of drug-likeness (QED) is 0.589. The van der Waals surface area contributed by atoms with Gasteiger partial charge in [0.2, 0.25) is 5.91 Å². The number of amides is 1. The number of hydrogen-bond donors (Lipinski definition) is 0. The number of carbonyl (C=O) groups excluding carboxylic acids is 1. The lowest BCUT2D eigenvalue weighted by molar-refractivity contribution is -0.145. The molecule has 0 bridgehead atoms. The molecule has 1 aromatic heterocycles. The van der Waals surface area contributed by atoms with E-state index in [4.69, 9.17) is 9.72 Å². The number of nitrogens with zero attached hydrogens (tertiary/aromatic N) is 3. The maximum absolute atomic E-state index is 13.7. The fourth-order valence-electron chi connectivity index (χ4n) is 6.34. The van der Waals surface area contributed by atoms with Crippen molar-refractivity contribution < 1.29 is 9.53 Å². The number of ether oxygens (including phenoxy) is 1. The van der Waals surface area contributed by atoms with Crippen LogP contribution in [0.3, 0.4) is 0 Å². The molecule has 5 rings (SSSR count). The molecule has 1 saturated carbocycles. The van der Waals surface area contributed by atoms with E-state index in [0.29, 0.717) is 5.91 Å². The first-order valence-corrected chi connectivity index (χ1v) is 13.2. The van der Waals surface area contributed by atoms with Crippen molar-refractivity contribution >= 4 is 5.91 Å². The molecule has 5 nitrogen and oxygen atoms in total.